The van der Waals surface area contributed by atoms with Crippen molar-refractivity contribution in [2.24, 2.45) is 5.41 Å². The van der Waals surface area contributed by atoms with Gasteiger partial charge in [-0.2, -0.15) is 18.4 Å². The van der Waals surface area contributed by atoms with Gasteiger partial charge in [0, 0.05) is 6.54 Å². The van der Waals surface area contributed by atoms with Crippen LogP contribution in [0, 0.1) is 16.7 Å². The van der Waals surface area contributed by atoms with Crippen molar-refractivity contribution >= 4 is 29.0 Å². The number of phenols is 1. The molecule has 1 aliphatic rings. The van der Waals surface area contributed by atoms with Gasteiger partial charge >= 0.3 is 6.18 Å². The Bertz CT molecular complexity index is 857. The molecule has 1 N–H and O–H groups in total. The molecule has 2 amide bonds. The van der Waals surface area contributed by atoms with Crippen molar-refractivity contribution < 1.29 is 27.9 Å². The van der Waals surface area contributed by atoms with E-state index in [4.69, 9.17) is 5.26 Å². The van der Waals surface area contributed by atoms with Crippen LogP contribution >= 0.6 is 11.8 Å². The summed E-state index contributed by atoms with van der Waals surface area (Å²) in [5.74, 6) is -1.46. The fourth-order valence-corrected chi connectivity index (χ4v) is 3.47. The molecule has 28 heavy (non-hydrogen) atoms. The zero-order valence-electron chi connectivity index (χ0n) is 15.3. The Balaban J connectivity index is 2.08. The molecule has 1 aromatic rings. The minimum absolute atomic E-state index is 0.0289. The van der Waals surface area contributed by atoms with E-state index < -0.39 is 34.1 Å². The van der Waals surface area contributed by atoms with Gasteiger partial charge in [-0.25, -0.2) is 0 Å². The molecule has 1 saturated heterocycles. The van der Waals surface area contributed by atoms with Crippen molar-refractivity contribution in [1.29, 1.82) is 5.26 Å². The molecule has 9 heteroatoms. The Morgan fingerprint density at radius 3 is 2.54 bits per heavy atom. The number of amides is 2. The maximum Gasteiger partial charge on any atom is 0.419 e. The summed E-state index contributed by atoms with van der Waals surface area (Å²) in [5.41, 5.74) is -1.62. The first kappa shape index (κ1) is 21.8. The van der Waals surface area contributed by atoms with Crippen LogP contribution in [0.1, 0.15) is 44.2 Å². The summed E-state index contributed by atoms with van der Waals surface area (Å²) < 4.78 is 38.7. The van der Waals surface area contributed by atoms with Gasteiger partial charge in [-0.1, -0.05) is 12.5 Å². The Kier molecular flexibility index (Phi) is 6.44. The molecule has 0 unspecified atom stereocenters. The molecule has 150 valence electrons. The zero-order valence-corrected chi connectivity index (χ0v) is 16.2. The van der Waals surface area contributed by atoms with Crippen molar-refractivity contribution in [2.45, 2.75) is 39.3 Å². The van der Waals surface area contributed by atoms with Gasteiger partial charge in [-0.3, -0.25) is 14.5 Å². The second-order valence-corrected chi connectivity index (χ2v) is 8.05. The van der Waals surface area contributed by atoms with E-state index in [0.717, 1.165) is 17.0 Å². The van der Waals surface area contributed by atoms with E-state index in [9.17, 15) is 27.9 Å². The number of phenolic OH excluding ortho intramolecular Hbond substituents is 1. The van der Waals surface area contributed by atoms with Crippen LogP contribution in [0.25, 0.3) is 6.08 Å². The van der Waals surface area contributed by atoms with Gasteiger partial charge in [0.1, 0.15) is 5.75 Å². The lowest BCUT2D eigenvalue weighted by molar-refractivity contribution is -0.138. The third-order valence-electron chi connectivity index (χ3n) is 4.23. The summed E-state index contributed by atoms with van der Waals surface area (Å²) in [6.07, 6.45) is -1.70. The monoisotopic (exact) mass is 412 g/mol. The molecule has 0 aromatic heterocycles. The first-order valence-electron chi connectivity index (χ1n) is 8.51. The number of carbonyl (C=O) groups excluding carboxylic acids is 2. The van der Waals surface area contributed by atoms with Gasteiger partial charge < -0.3 is 5.11 Å². The lowest BCUT2D eigenvalue weighted by Gasteiger charge is -2.16. The fourth-order valence-electron chi connectivity index (χ4n) is 2.61. The van der Waals surface area contributed by atoms with Crippen molar-refractivity contribution in [2.75, 3.05) is 6.54 Å². The van der Waals surface area contributed by atoms with E-state index in [2.05, 4.69) is 6.07 Å². The number of rotatable bonds is 6. The number of benzene rings is 1. The van der Waals surface area contributed by atoms with Crippen molar-refractivity contribution in [3.63, 3.8) is 0 Å². The zero-order chi connectivity index (χ0) is 21.1. The number of hydrogen-bond acceptors (Lipinski definition) is 5. The van der Waals surface area contributed by atoms with Gasteiger partial charge in [0.2, 0.25) is 0 Å². The van der Waals surface area contributed by atoms with Crippen LogP contribution in [0.4, 0.5) is 18.0 Å². The second-order valence-electron chi connectivity index (χ2n) is 7.06. The molecular formula is C19H19F3N2O3S. The highest BCUT2D eigenvalue weighted by Crippen LogP contribution is 2.38. The highest BCUT2D eigenvalue weighted by Gasteiger charge is 2.36. The van der Waals surface area contributed by atoms with Crippen LogP contribution in [0.5, 0.6) is 5.75 Å². The average Bonchev–Trinajstić information content (AvgIpc) is 2.86. The minimum Gasteiger partial charge on any atom is -0.507 e. The van der Waals surface area contributed by atoms with Crippen LogP contribution in [0.3, 0.4) is 0 Å². The van der Waals surface area contributed by atoms with Gasteiger partial charge in [-0.15, -0.1) is 0 Å². The number of hydrogen-bond donors (Lipinski definition) is 1. The van der Waals surface area contributed by atoms with Crippen molar-refractivity contribution in [3.8, 4) is 11.8 Å². The number of halogens is 3. The fraction of sp³-hybridized carbons (Fsp3) is 0.421. The van der Waals surface area contributed by atoms with Gasteiger partial charge in [-0.05, 0) is 62.2 Å². The Labute approximate surface area is 164 Å². The van der Waals surface area contributed by atoms with Gasteiger partial charge in [0.05, 0.1) is 22.0 Å². The highest BCUT2D eigenvalue weighted by atomic mass is 32.2. The molecule has 1 aliphatic heterocycles. The number of nitrogens with zero attached hydrogens (tertiary/aromatic N) is 2. The molecule has 0 atom stereocenters. The summed E-state index contributed by atoms with van der Waals surface area (Å²) in [4.78, 5) is 25.6. The minimum atomic E-state index is -4.73. The lowest BCUT2D eigenvalue weighted by Crippen LogP contribution is -2.29. The Hall–Kier alpha value is -2.47. The van der Waals surface area contributed by atoms with E-state index in [1.54, 1.807) is 0 Å². The number of unbranched alkanes of at least 4 members (excludes halogenated alkanes) is 1. The van der Waals surface area contributed by atoms with Crippen LogP contribution in [0.2, 0.25) is 0 Å². The Morgan fingerprint density at radius 1 is 1.25 bits per heavy atom. The average molecular weight is 412 g/mol. The summed E-state index contributed by atoms with van der Waals surface area (Å²) >= 11 is 0.665. The number of nitriles is 1. The first-order valence-corrected chi connectivity index (χ1v) is 9.33. The predicted octanol–water partition coefficient (Wildman–Crippen LogP) is 5.17. The molecule has 0 radical (unpaired) electrons. The molecule has 1 fully saturated rings. The van der Waals surface area contributed by atoms with E-state index >= 15 is 0 Å². The molecule has 2 rings (SSSR count). The summed E-state index contributed by atoms with van der Waals surface area (Å²) in [7, 11) is 0. The van der Waals surface area contributed by atoms with Gasteiger partial charge in [0.15, 0.2) is 0 Å². The van der Waals surface area contributed by atoms with E-state index in [0.29, 0.717) is 31.0 Å². The number of aromatic hydroxyl groups is 1. The highest BCUT2D eigenvalue weighted by molar-refractivity contribution is 8.18. The van der Waals surface area contributed by atoms with E-state index in [-0.39, 0.29) is 17.0 Å². The summed E-state index contributed by atoms with van der Waals surface area (Å²) in [6, 6.07) is 5.05. The standard InChI is InChI=1S/C19H19F3N2O3S/c1-18(2,11-23)7-3-4-8-24-16(26)15(28-17(24)27)10-12-5-6-14(25)13(9-12)19(20,21)22/h5-6,9-10,25H,3-4,7-8H2,1-2H3. The number of alkyl halides is 3. The maximum absolute atomic E-state index is 12.9. The van der Waals surface area contributed by atoms with Gasteiger partial charge in [0.25, 0.3) is 11.1 Å². The summed E-state index contributed by atoms with van der Waals surface area (Å²) in [6.45, 7) is 3.80. The van der Waals surface area contributed by atoms with Crippen molar-refractivity contribution in [1.82, 2.24) is 4.90 Å². The number of carbonyl (C=O) groups is 2. The summed E-state index contributed by atoms with van der Waals surface area (Å²) in [5, 5.41) is 17.9. The quantitative estimate of drug-likeness (QED) is 0.515. The lowest BCUT2D eigenvalue weighted by atomic mass is 9.89. The number of thioether (sulfide) groups is 1. The van der Waals surface area contributed by atoms with Crippen molar-refractivity contribution in [3.05, 3.63) is 34.2 Å². The molecule has 0 aliphatic carbocycles. The molecule has 0 spiro atoms. The SMILES string of the molecule is CC(C)(C#N)CCCCN1C(=O)SC(=Cc2ccc(O)c(C(F)(F)F)c2)C1=O. The maximum atomic E-state index is 12.9. The second kappa shape index (κ2) is 8.27. The van der Waals surface area contributed by atoms with Crippen LogP contribution in [0.15, 0.2) is 23.1 Å². The first-order chi connectivity index (χ1) is 12.9. The molecular weight excluding hydrogens is 393 g/mol. The van der Waals surface area contributed by atoms with E-state index in [1.807, 2.05) is 13.8 Å². The molecule has 5 nitrogen and oxygen atoms in total. The third-order valence-corrected chi connectivity index (χ3v) is 5.14. The molecule has 1 heterocycles. The largest absolute Gasteiger partial charge is 0.507 e. The third kappa shape index (κ3) is 5.29. The normalized spacial score (nSPS) is 16.7. The molecule has 0 bridgehead atoms. The smallest absolute Gasteiger partial charge is 0.419 e. The molecule has 0 saturated carbocycles. The molecule has 1 aromatic carbocycles. The Morgan fingerprint density at radius 2 is 1.93 bits per heavy atom. The van der Waals surface area contributed by atoms with Crippen LogP contribution in [-0.2, 0) is 11.0 Å². The number of imide groups is 1. The van der Waals surface area contributed by atoms with Crippen LogP contribution in [-0.4, -0.2) is 27.7 Å². The van der Waals surface area contributed by atoms with E-state index in [1.165, 1.54) is 12.1 Å². The topological polar surface area (TPSA) is 81.4 Å². The predicted molar refractivity (Wildman–Crippen MR) is 99.0 cm³/mol. The van der Waals surface area contributed by atoms with Crippen LogP contribution < -0.4 is 0 Å².